The number of unbranched alkanes of at least 4 members (excludes halogenated alkanes) is 15. The molecule has 236 valence electrons. The van der Waals surface area contributed by atoms with E-state index in [2.05, 4.69) is 16.4 Å². The number of phosphoric acid groups is 1. The summed E-state index contributed by atoms with van der Waals surface area (Å²) in [5.41, 5.74) is 4.63. The summed E-state index contributed by atoms with van der Waals surface area (Å²) in [6.45, 7) is 1.98. The first-order chi connectivity index (χ1) is 19.1. The molecule has 0 amide bonds. The Balaban J connectivity index is 0. The Morgan fingerprint density at radius 1 is 0.927 bits per heavy atom. The number of hydrogen-bond donors (Lipinski definition) is 6. The van der Waals surface area contributed by atoms with E-state index in [0.29, 0.717) is 0 Å². The number of aliphatic hydroxyl groups excluding tert-OH is 3. The van der Waals surface area contributed by atoms with Crippen LogP contribution in [0, 0.1) is 0 Å². The molecule has 1 aliphatic heterocycles. The van der Waals surface area contributed by atoms with E-state index in [4.69, 9.17) is 25.4 Å². The quantitative estimate of drug-likeness (QED) is 0.0691. The summed E-state index contributed by atoms with van der Waals surface area (Å²) in [6, 6.07) is 1.37. The first-order valence-corrected chi connectivity index (χ1v) is 16.3. The monoisotopic (exact) mass is 617 g/mol. The number of aromatic nitrogens is 2. The molecule has 0 unspecified atom stereocenters. The number of ether oxygens (including phenoxy) is 1. The summed E-state index contributed by atoms with van der Waals surface area (Å²) in [6.07, 6.45) is 17.4. The van der Waals surface area contributed by atoms with E-state index in [9.17, 15) is 19.6 Å². The van der Waals surface area contributed by atoms with Crippen molar-refractivity contribution in [1.29, 1.82) is 0 Å². The van der Waals surface area contributed by atoms with Crippen molar-refractivity contribution in [3.8, 4) is 0 Å². The Hall–Kier alpha value is -0.370. The van der Waals surface area contributed by atoms with Crippen molar-refractivity contribution in [2.45, 2.75) is 134 Å². The topological polar surface area (TPSA) is 198 Å². The van der Waals surface area contributed by atoms with Gasteiger partial charge >= 0.3 is 43.1 Å². The van der Waals surface area contributed by atoms with Gasteiger partial charge in [0.15, 0.2) is 6.23 Å². The molecule has 41 heavy (non-hydrogen) atoms. The molecule has 2 heterocycles. The Labute approximate surface area is 268 Å². The van der Waals surface area contributed by atoms with Crippen LogP contribution in [0.5, 0.6) is 0 Å². The molecule has 7 N–H and O–H groups in total. The molecule has 0 bridgehead atoms. The van der Waals surface area contributed by atoms with Gasteiger partial charge in [-0.2, -0.15) is 4.98 Å². The molecule has 0 aliphatic carbocycles. The van der Waals surface area contributed by atoms with Gasteiger partial charge in [0.25, 0.3) is 0 Å². The van der Waals surface area contributed by atoms with Crippen LogP contribution >= 0.6 is 7.82 Å². The molecule has 2 rings (SSSR count). The Morgan fingerprint density at radius 2 is 1.39 bits per heavy atom. The molecule has 0 aromatic carbocycles. The van der Waals surface area contributed by atoms with Crippen LogP contribution in [-0.4, -0.2) is 66.2 Å². The van der Waals surface area contributed by atoms with Crippen LogP contribution in [-0.2, 0) is 13.8 Å². The maximum Gasteiger partial charge on any atom is 1.00 e. The molecule has 1 fully saturated rings. The van der Waals surface area contributed by atoms with Crippen LogP contribution in [0.2, 0.25) is 0 Å². The molecular weight excluding hydrogens is 564 g/mol. The molecule has 0 spiro atoms. The second-order valence-electron chi connectivity index (χ2n) is 10.4. The van der Waals surface area contributed by atoms with Crippen molar-refractivity contribution in [2.24, 2.45) is 0 Å². The van der Waals surface area contributed by atoms with E-state index in [0.717, 1.165) is 23.8 Å². The molecule has 1 saturated heterocycles. The summed E-state index contributed by atoms with van der Waals surface area (Å²) in [5, 5.41) is 28.2. The second-order valence-corrected chi connectivity index (χ2v) is 11.6. The van der Waals surface area contributed by atoms with E-state index >= 15 is 0 Å². The fraction of sp³-hybridized carbons (Fsp3) is 0.852. The molecule has 0 radical (unpaired) electrons. The summed E-state index contributed by atoms with van der Waals surface area (Å²) >= 11 is 0. The zero-order chi connectivity index (χ0) is 29.8. The van der Waals surface area contributed by atoms with Gasteiger partial charge in [0.05, 0.1) is 13.2 Å². The summed E-state index contributed by atoms with van der Waals surface area (Å²) in [7, 11) is -4.26. The normalized spacial score (nSPS) is 20.3. The number of nitrogen functional groups attached to an aromatic ring is 1. The van der Waals surface area contributed by atoms with Crippen molar-refractivity contribution in [2.75, 3.05) is 18.9 Å². The fourth-order valence-electron chi connectivity index (χ4n) is 4.56. The smallest absolute Gasteiger partial charge is 1.00 e. The first-order valence-electron chi connectivity index (χ1n) is 14.8. The number of nitrogens with two attached hydrogens (primary N) is 1. The van der Waals surface area contributed by atoms with Gasteiger partial charge in [-0.25, -0.2) is 9.36 Å². The number of phosphoric ester groups is 1. The van der Waals surface area contributed by atoms with Gasteiger partial charge in [-0.1, -0.05) is 103 Å². The number of nitrogens with zero attached hydrogens (tertiary/aromatic N) is 2. The molecule has 0 saturated carbocycles. The third kappa shape index (κ3) is 18.8. The molecule has 1 aliphatic rings. The van der Waals surface area contributed by atoms with Crippen molar-refractivity contribution in [3.63, 3.8) is 0 Å². The van der Waals surface area contributed by atoms with Crippen LogP contribution in [0.1, 0.15) is 117 Å². The maximum atomic E-state index is 11.5. The summed E-state index contributed by atoms with van der Waals surface area (Å²) in [4.78, 5) is 32.1. The third-order valence-corrected chi connectivity index (χ3v) is 7.42. The number of aliphatic hydroxyl groups is 3. The molecule has 14 heteroatoms. The minimum absolute atomic E-state index is 0. The van der Waals surface area contributed by atoms with Gasteiger partial charge < -0.3 is 37.0 Å². The van der Waals surface area contributed by atoms with Gasteiger partial charge in [-0.05, 0) is 12.5 Å². The average molecular weight is 618 g/mol. The van der Waals surface area contributed by atoms with Crippen LogP contribution in [0.3, 0.4) is 0 Å². The first kappa shape index (κ1) is 40.6. The predicted octanol–water partition coefficient (Wildman–Crippen LogP) is 0.911. The van der Waals surface area contributed by atoms with E-state index in [1.807, 2.05) is 0 Å². The summed E-state index contributed by atoms with van der Waals surface area (Å²) < 4.78 is 21.1. The van der Waals surface area contributed by atoms with Crippen LogP contribution in [0.15, 0.2) is 17.1 Å². The van der Waals surface area contributed by atoms with Crippen molar-refractivity contribution in [3.05, 3.63) is 22.7 Å². The van der Waals surface area contributed by atoms with E-state index in [1.165, 1.54) is 95.7 Å². The largest absolute Gasteiger partial charge is 1.00 e. The second kappa shape index (κ2) is 24.0. The van der Waals surface area contributed by atoms with Gasteiger partial charge in [-0.3, -0.25) is 9.09 Å². The van der Waals surface area contributed by atoms with Gasteiger partial charge in [0, 0.05) is 6.20 Å². The van der Waals surface area contributed by atoms with Crippen LogP contribution in [0.4, 0.5) is 5.82 Å². The van der Waals surface area contributed by atoms with Crippen molar-refractivity contribution >= 4 is 13.6 Å². The average Bonchev–Trinajstić information content (AvgIpc) is 3.19. The predicted molar refractivity (Wildman–Crippen MR) is 155 cm³/mol. The summed E-state index contributed by atoms with van der Waals surface area (Å²) in [5.74, 6) is 0.0537. The van der Waals surface area contributed by atoms with E-state index in [-0.39, 0.29) is 43.4 Å². The Morgan fingerprint density at radius 3 is 1.78 bits per heavy atom. The molecule has 12 nitrogen and oxygen atoms in total. The van der Waals surface area contributed by atoms with Gasteiger partial charge in [-0.15, -0.1) is 0 Å². The van der Waals surface area contributed by atoms with Crippen LogP contribution < -0.4 is 41.0 Å². The van der Waals surface area contributed by atoms with Crippen LogP contribution in [0.25, 0.3) is 0 Å². The van der Waals surface area contributed by atoms with Gasteiger partial charge in [0.1, 0.15) is 24.1 Å². The zero-order valence-electron chi connectivity index (χ0n) is 26.0. The maximum absolute atomic E-state index is 11.5. The fourth-order valence-corrected chi connectivity index (χ4v) is 4.93. The number of anilines is 1. The van der Waals surface area contributed by atoms with E-state index < -0.39 is 44.7 Å². The minimum Gasteiger partial charge on any atom is -1.00 e. The number of rotatable bonds is 20. The molecule has 1 aromatic rings. The zero-order valence-corrected chi connectivity index (χ0v) is 27.9. The standard InChI is InChI=1S/C18H39O4P.C9H13N3O5.Na.H/c1-2-3-4-5-6-7-8-9-10-11-12-13-14-15-16-17-18-22-23(19,20)21;10-5-1-2-12(9(16)11-5)8-7(15)6(14)4(3-13)17-8;;/h2-18H2,1H3,(H2,19,20,21);1-2,4,6-8,13-15H,3H2,(H2,10,11,16);;/q;;+1;-1/t;4-,6-,7+,8-;;/m.1../s1. The molecule has 4 atom stereocenters. The van der Waals surface area contributed by atoms with Crippen molar-refractivity contribution < 1.29 is 69.9 Å². The van der Waals surface area contributed by atoms with Gasteiger partial charge in [0.2, 0.25) is 0 Å². The Bertz CT molecular complexity index is 897. The minimum atomic E-state index is -4.26. The third-order valence-electron chi connectivity index (χ3n) is 6.90. The SMILES string of the molecule is CCCCCCCCCCCCCCCCCCOP(=O)(O)O.Nc1ccn([C@@H]2O[C@H](CO)[C@@H](O)[C@@H]2O)c(=O)n1.[H-].[Na+]. The molecular formula is C27H53N3NaO9P. The van der Waals surface area contributed by atoms with E-state index in [1.54, 1.807) is 0 Å². The molecule has 1 aromatic heterocycles. The number of hydrogen-bond acceptors (Lipinski definition) is 9. The van der Waals surface area contributed by atoms with Crippen molar-refractivity contribution in [1.82, 2.24) is 9.55 Å². The Kier molecular flexibility index (Phi) is 23.8.